The number of allylic oxidation sites excluding steroid dienone is 1. The largest absolute Gasteiger partial charge is 0.510 e. The highest BCUT2D eigenvalue weighted by Gasteiger charge is 2.63. The van der Waals surface area contributed by atoms with Crippen LogP contribution in [0.1, 0.15) is 34.8 Å². The highest BCUT2D eigenvalue weighted by atomic mass is 16.5. The van der Waals surface area contributed by atoms with Crippen molar-refractivity contribution in [2.24, 2.45) is 17.6 Å². The summed E-state index contributed by atoms with van der Waals surface area (Å²) in [6.07, 6.45) is 2.55. The van der Waals surface area contributed by atoms with Gasteiger partial charge in [-0.15, -0.1) is 0 Å². The van der Waals surface area contributed by atoms with Crippen molar-refractivity contribution < 1.29 is 44.3 Å². The van der Waals surface area contributed by atoms with Gasteiger partial charge in [0.1, 0.15) is 22.8 Å². The highest BCUT2D eigenvalue weighted by molar-refractivity contribution is 6.25. The van der Waals surface area contributed by atoms with Gasteiger partial charge in [0, 0.05) is 42.9 Å². The number of nitrogens with zero attached hydrogens (tertiary/aromatic N) is 2. The van der Waals surface area contributed by atoms with Crippen LogP contribution in [0.15, 0.2) is 34.8 Å². The lowest BCUT2D eigenvalue weighted by Crippen LogP contribution is -2.63. The van der Waals surface area contributed by atoms with Gasteiger partial charge in [0.2, 0.25) is 5.78 Å². The molecule has 6 N–H and O–H groups in total. The number of ketones is 2. The zero-order valence-electron chi connectivity index (χ0n) is 22.9. The van der Waals surface area contributed by atoms with Crippen LogP contribution in [0.4, 0.5) is 5.69 Å². The number of phenols is 1. The molecule has 40 heavy (non-hydrogen) atoms. The first-order valence-corrected chi connectivity index (χ1v) is 12.7. The van der Waals surface area contributed by atoms with Crippen molar-refractivity contribution in [3.63, 3.8) is 0 Å². The summed E-state index contributed by atoms with van der Waals surface area (Å²) in [6, 6.07) is 0.549. The van der Waals surface area contributed by atoms with Crippen molar-refractivity contribution in [1.82, 2.24) is 4.90 Å². The average molecular weight is 556 g/mol. The lowest BCUT2D eigenvalue weighted by Gasteiger charge is -2.50. The normalized spacial score (nSPS) is 26.1. The van der Waals surface area contributed by atoms with Crippen molar-refractivity contribution in [3.05, 3.63) is 51.5 Å². The number of carbonyl (C=O) groups excluding carboxylic acids is 4. The van der Waals surface area contributed by atoms with Crippen LogP contribution in [-0.4, -0.2) is 95.2 Å². The molecule has 0 heterocycles. The number of benzene rings is 1. The van der Waals surface area contributed by atoms with Gasteiger partial charge in [-0.3, -0.25) is 19.3 Å². The highest BCUT2D eigenvalue weighted by Crippen LogP contribution is 2.53. The monoisotopic (exact) mass is 555 g/mol. The molecule has 1 amide bonds. The molecule has 12 heteroatoms. The average Bonchev–Trinajstić information content (AvgIpc) is 2.85. The Balaban J connectivity index is 1.94. The van der Waals surface area contributed by atoms with E-state index < -0.39 is 69.8 Å². The molecule has 0 radical (unpaired) electrons. The van der Waals surface area contributed by atoms with Gasteiger partial charge < -0.3 is 35.8 Å². The number of carbonyl (C=O) groups is 4. The molecule has 1 aromatic carbocycles. The number of esters is 1. The van der Waals surface area contributed by atoms with E-state index in [-0.39, 0.29) is 36.1 Å². The van der Waals surface area contributed by atoms with E-state index in [0.717, 1.165) is 6.08 Å². The number of anilines is 1. The zero-order chi connectivity index (χ0) is 29.8. The molecule has 0 bridgehead atoms. The van der Waals surface area contributed by atoms with Gasteiger partial charge in [-0.1, -0.05) is 0 Å². The number of rotatable bonds is 6. The molecule has 214 valence electrons. The Morgan fingerprint density at radius 2 is 1.82 bits per heavy atom. The minimum absolute atomic E-state index is 0.0100. The maximum Gasteiger partial charge on any atom is 0.330 e. The Morgan fingerprint density at radius 1 is 1.18 bits per heavy atom. The van der Waals surface area contributed by atoms with Gasteiger partial charge in [-0.05, 0) is 57.5 Å². The van der Waals surface area contributed by atoms with E-state index in [4.69, 9.17) is 10.5 Å². The number of likely N-dealkylation sites (N-methyl/N-ethyl adjacent to an activating group) is 1. The Bertz CT molecular complexity index is 1420. The molecule has 0 aromatic heterocycles. The maximum absolute atomic E-state index is 14.0. The van der Waals surface area contributed by atoms with Crippen LogP contribution in [-0.2, 0) is 25.5 Å². The minimum atomic E-state index is -2.72. The molecule has 0 fully saturated rings. The number of aliphatic hydroxyl groups excluding tert-OH is 2. The molecule has 3 aliphatic rings. The number of ether oxygens (including phenoxy) is 1. The number of hydrogen-bond donors (Lipinski definition) is 5. The number of aromatic hydroxyl groups is 1. The summed E-state index contributed by atoms with van der Waals surface area (Å²) >= 11 is 0. The Labute approximate surface area is 230 Å². The standard InChI is InChI=1S/C28H33N3O9/c1-6-40-17(32)8-7-12-11-16(30(2)3)14-9-13-10-15-21(31(4)5)24(35)20(27(29)38)26(37)28(15,39)25(36)18(13)23(34)19(14)22(12)33/h7-8,11,13,15,21,33,35-36,39H,6,9-10H2,1-5H3,(H2,29,38)/b8-7+/t13-,15+,21+,28+/m1/s1. The van der Waals surface area contributed by atoms with E-state index in [1.54, 1.807) is 46.1 Å². The van der Waals surface area contributed by atoms with Crippen LogP contribution in [0, 0.1) is 11.8 Å². The first kappa shape index (κ1) is 28.8. The molecule has 4 atom stereocenters. The van der Waals surface area contributed by atoms with Crippen LogP contribution in [0.25, 0.3) is 6.08 Å². The third-order valence-corrected chi connectivity index (χ3v) is 7.90. The second kappa shape index (κ2) is 10.1. The van der Waals surface area contributed by atoms with E-state index in [1.165, 1.54) is 11.0 Å². The van der Waals surface area contributed by atoms with Gasteiger partial charge in [-0.2, -0.15) is 0 Å². The zero-order valence-corrected chi connectivity index (χ0v) is 22.9. The van der Waals surface area contributed by atoms with Gasteiger partial charge in [0.25, 0.3) is 5.91 Å². The van der Waals surface area contributed by atoms with Gasteiger partial charge in [0.15, 0.2) is 11.4 Å². The Morgan fingerprint density at radius 3 is 2.38 bits per heavy atom. The second-order valence-electron chi connectivity index (χ2n) is 10.6. The molecule has 0 aliphatic heterocycles. The Hall–Kier alpha value is -4.16. The number of fused-ring (bicyclic) bond motifs is 3. The first-order chi connectivity index (χ1) is 18.7. The van der Waals surface area contributed by atoms with E-state index in [2.05, 4.69) is 0 Å². The number of nitrogens with two attached hydrogens (primary N) is 1. The molecule has 1 aromatic rings. The SMILES string of the molecule is CCOC(=O)/C=C/c1cc(N(C)C)c2c(c1O)C(=O)C1=C(O)[C@]3(O)C(=O)C(C(N)=O)=C(O)[C@@H](N(C)C)[C@@H]3C[C@H]1C2. The summed E-state index contributed by atoms with van der Waals surface area (Å²) in [7, 11) is 6.63. The number of phenolic OH excluding ortho intramolecular Hbond substituents is 1. The third-order valence-electron chi connectivity index (χ3n) is 7.90. The predicted molar refractivity (Wildman–Crippen MR) is 144 cm³/mol. The second-order valence-corrected chi connectivity index (χ2v) is 10.6. The molecule has 0 spiro atoms. The summed E-state index contributed by atoms with van der Waals surface area (Å²) in [5.74, 6) is -7.85. The molecule has 12 nitrogen and oxygen atoms in total. The molecule has 3 aliphatic carbocycles. The molecule has 0 unspecified atom stereocenters. The van der Waals surface area contributed by atoms with Crippen molar-refractivity contribution in [2.45, 2.75) is 31.4 Å². The van der Waals surface area contributed by atoms with Crippen LogP contribution >= 0.6 is 0 Å². The summed E-state index contributed by atoms with van der Waals surface area (Å²) in [4.78, 5) is 54.6. The molecular weight excluding hydrogens is 522 g/mol. The topological polar surface area (TPSA) is 191 Å². The minimum Gasteiger partial charge on any atom is -0.510 e. The maximum atomic E-state index is 14.0. The van der Waals surface area contributed by atoms with Crippen LogP contribution in [0.2, 0.25) is 0 Å². The first-order valence-electron chi connectivity index (χ1n) is 12.7. The van der Waals surface area contributed by atoms with Crippen molar-refractivity contribution in [3.8, 4) is 5.75 Å². The lowest BCUT2D eigenvalue weighted by atomic mass is 9.58. The van der Waals surface area contributed by atoms with Crippen LogP contribution in [0.3, 0.4) is 0 Å². The van der Waals surface area contributed by atoms with Gasteiger partial charge >= 0.3 is 5.97 Å². The molecule has 0 saturated heterocycles. The number of hydrogen-bond acceptors (Lipinski definition) is 11. The van der Waals surface area contributed by atoms with Crippen LogP contribution < -0.4 is 10.6 Å². The van der Waals surface area contributed by atoms with Crippen molar-refractivity contribution >= 4 is 35.2 Å². The van der Waals surface area contributed by atoms with Crippen LogP contribution in [0.5, 0.6) is 5.75 Å². The summed E-state index contributed by atoms with van der Waals surface area (Å²) in [5.41, 5.74) is 2.58. The number of Topliss-reactive ketones (excluding diaryl/α,β-unsaturated/α-hetero) is 2. The third kappa shape index (κ3) is 4.14. The fraction of sp³-hybridized carbons (Fsp3) is 0.429. The van der Waals surface area contributed by atoms with E-state index in [0.29, 0.717) is 11.3 Å². The smallest absolute Gasteiger partial charge is 0.330 e. The summed E-state index contributed by atoms with van der Waals surface area (Å²) < 4.78 is 4.89. The molecular formula is C28H33N3O9. The number of amides is 1. The fourth-order valence-electron chi connectivity index (χ4n) is 6.19. The quantitative estimate of drug-likeness (QED) is 0.189. The van der Waals surface area contributed by atoms with Crippen molar-refractivity contribution in [2.75, 3.05) is 39.7 Å². The van der Waals surface area contributed by atoms with Crippen molar-refractivity contribution in [1.29, 1.82) is 0 Å². The summed E-state index contributed by atoms with van der Waals surface area (Å²) in [5, 5.41) is 45.2. The predicted octanol–water partition coefficient (Wildman–Crippen LogP) is 0.763. The Kier molecular flexibility index (Phi) is 7.28. The number of primary amides is 1. The van der Waals surface area contributed by atoms with E-state index >= 15 is 0 Å². The fourth-order valence-corrected chi connectivity index (χ4v) is 6.19. The van der Waals surface area contributed by atoms with E-state index in [1.807, 2.05) is 0 Å². The summed E-state index contributed by atoms with van der Waals surface area (Å²) in [6.45, 7) is 1.79. The lowest BCUT2D eigenvalue weighted by molar-refractivity contribution is -0.148. The van der Waals surface area contributed by atoms with E-state index in [9.17, 15) is 39.6 Å². The van der Waals surface area contributed by atoms with Gasteiger partial charge in [0.05, 0.1) is 18.2 Å². The number of aliphatic hydroxyl groups is 3. The molecule has 0 saturated carbocycles. The van der Waals surface area contributed by atoms with Gasteiger partial charge in [-0.25, -0.2) is 4.79 Å². The molecule has 4 rings (SSSR count).